The van der Waals surface area contributed by atoms with Crippen molar-refractivity contribution in [2.24, 2.45) is 0 Å². The molecule has 0 fully saturated rings. The Balaban J connectivity index is 1.48. The Bertz CT molecular complexity index is 936. The molecule has 1 atom stereocenters. The van der Waals surface area contributed by atoms with Crippen molar-refractivity contribution in [2.75, 3.05) is 13.2 Å². The molecule has 146 valence electrons. The summed E-state index contributed by atoms with van der Waals surface area (Å²) in [6.07, 6.45) is -0.580. The highest BCUT2D eigenvalue weighted by Crippen LogP contribution is 2.25. The number of amides is 1. The SMILES string of the molecule is CC(C)c1ccccc1OCCNC(=O)[C@@H](C)Oc1ccc2ccccc2c1. The van der Waals surface area contributed by atoms with Gasteiger partial charge in [-0.05, 0) is 47.4 Å². The van der Waals surface area contributed by atoms with Gasteiger partial charge in [0.15, 0.2) is 6.10 Å². The largest absolute Gasteiger partial charge is 0.491 e. The van der Waals surface area contributed by atoms with Crippen molar-refractivity contribution < 1.29 is 14.3 Å². The Labute approximate surface area is 166 Å². The van der Waals surface area contributed by atoms with Crippen LogP contribution in [0.4, 0.5) is 0 Å². The van der Waals surface area contributed by atoms with Gasteiger partial charge in [0.2, 0.25) is 0 Å². The van der Waals surface area contributed by atoms with Crippen molar-refractivity contribution in [3.05, 3.63) is 72.3 Å². The Morgan fingerprint density at radius 3 is 2.43 bits per heavy atom. The minimum absolute atomic E-state index is 0.158. The van der Waals surface area contributed by atoms with Gasteiger partial charge in [-0.15, -0.1) is 0 Å². The molecule has 3 aromatic carbocycles. The highest BCUT2D eigenvalue weighted by atomic mass is 16.5. The third-order valence-electron chi connectivity index (χ3n) is 4.60. The number of carbonyl (C=O) groups excluding carboxylic acids is 1. The monoisotopic (exact) mass is 377 g/mol. The van der Waals surface area contributed by atoms with Crippen LogP contribution in [0, 0.1) is 0 Å². The van der Waals surface area contributed by atoms with Gasteiger partial charge in [0.05, 0.1) is 6.54 Å². The van der Waals surface area contributed by atoms with Crippen molar-refractivity contribution in [2.45, 2.75) is 32.8 Å². The normalized spacial score (nSPS) is 12.0. The van der Waals surface area contributed by atoms with Crippen LogP contribution in [0.5, 0.6) is 11.5 Å². The zero-order valence-electron chi connectivity index (χ0n) is 16.6. The van der Waals surface area contributed by atoms with E-state index in [4.69, 9.17) is 9.47 Å². The van der Waals surface area contributed by atoms with Crippen LogP contribution >= 0.6 is 0 Å². The van der Waals surface area contributed by atoms with Crippen LogP contribution in [0.25, 0.3) is 10.8 Å². The fourth-order valence-corrected chi connectivity index (χ4v) is 3.07. The molecule has 0 spiro atoms. The number of hydrogen-bond acceptors (Lipinski definition) is 3. The van der Waals surface area contributed by atoms with E-state index in [1.165, 1.54) is 5.56 Å². The third-order valence-corrected chi connectivity index (χ3v) is 4.60. The molecule has 4 heteroatoms. The first kappa shape index (κ1) is 19.7. The fourth-order valence-electron chi connectivity index (χ4n) is 3.07. The second-order valence-electron chi connectivity index (χ2n) is 7.10. The summed E-state index contributed by atoms with van der Waals surface area (Å²) in [5.74, 6) is 1.78. The molecule has 0 saturated carbocycles. The molecule has 0 saturated heterocycles. The van der Waals surface area contributed by atoms with Gasteiger partial charge in [0.25, 0.3) is 5.91 Å². The van der Waals surface area contributed by atoms with Crippen LogP contribution in [0.15, 0.2) is 66.7 Å². The molecule has 0 unspecified atom stereocenters. The van der Waals surface area contributed by atoms with E-state index in [0.717, 1.165) is 16.5 Å². The lowest BCUT2D eigenvalue weighted by Gasteiger charge is -2.16. The van der Waals surface area contributed by atoms with Gasteiger partial charge in [0, 0.05) is 0 Å². The molecule has 0 heterocycles. The van der Waals surface area contributed by atoms with Crippen molar-refractivity contribution in [3.63, 3.8) is 0 Å². The van der Waals surface area contributed by atoms with Crippen molar-refractivity contribution in [3.8, 4) is 11.5 Å². The first-order valence-electron chi connectivity index (χ1n) is 9.69. The van der Waals surface area contributed by atoms with Crippen LogP contribution in [-0.2, 0) is 4.79 Å². The molecular formula is C24H27NO3. The van der Waals surface area contributed by atoms with Gasteiger partial charge >= 0.3 is 0 Å². The zero-order chi connectivity index (χ0) is 19.9. The van der Waals surface area contributed by atoms with Gasteiger partial charge in [-0.2, -0.15) is 0 Å². The average molecular weight is 377 g/mol. The summed E-state index contributed by atoms with van der Waals surface area (Å²) in [6, 6.07) is 21.9. The first-order chi connectivity index (χ1) is 13.5. The third kappa shape index (κ3) is 5.03. The fraction of sp³-hybridized carbons (Fsp3) is 0.292. The predicted octanol–water partition coefficient (Wildman–Crippen LogP) is 4.93. The van der Waals surface area contributed by atoms with Crippen LogP contribution in [0.2, 0.25) is 0 Å². The van der Waals surface area contributed by atoms with E-state index < -0.39 is 6.10 Å². The molecule has 0 aliphatic rings. The molecule has 0 aliphatic carbocycles. The van der Waals surface area contributed by atoms with Gasteiger partial charge < -0.3 is 14.8 Å². The number of para-hydroxylation sites is 1. The van der Waals surface area contributed by atoms with Gasteiger partial charge in [-0.25, -0.2) is 0 Å². The zero-order valence-corrected chi connectivity index (χ0v) is 16.6. The van der Waals surface area contributed by atoms with E-state index in [1.54, 1.807) is 6.92 Å². The number of hydrogen-bond donors (Lipinski definition) is 1. The van der Waals surface area contributed by atoms with Crippen molar-refractivity contribution in [1.29, 1.82) is 0 Å². The molecule has 3 aromatic rings. The van der Waals surface area contributed by atoms with Gasteiger partial charge in [-0.1, -0.05) is 62.4 Å². The molecule has 3 rings (SSSR count). The molecular weight excluding hydrogens is 350 g/mol. The summed E-state index contributed by atoms with van der Waals surface area (Å²) in [5, 5.41) is 5.10. The topological polar surface area (TPSA) is 47.6 Å². The highest BCUT2D eigenvalue weighted by Gasteiger charge is 2.14. The molecule has 1 N–H and O–H groups in total. The second kappa shape index (κ2) is 9.27. The van der Waals surface area contributed by atoms with Crippen molar-refractivity contribution >= 4 is 16.7 Å². The van der Waals surface area contributed by atoms with E-state index >= 15 is 0 Å². The van der Waals surface area contributed by atoms with E-state index in [1.807, 2.05) is 60.7 Å². The maximum Gasteiger partial charge on any atom is 0.260 e. The summed E-state index contributed by atoms with van der Waals surface area (Å²) in [7, 11) is 0. The Kier molecular flexibility index (Phi) is 6.53. The number of ether oxygens (including phenoxy) is 2. The standard InChI is InChI=1S/C24H27NO3/c1-17(2)22-10-6-7-11-23(22)27-15-14-25-24(26)18(3)28-21-13-12-19-8-4-5-9-20(19)16-21/h4-13,16-18H,14-15H2,1-3H3,(H,25,26)/t18-/m1/s1. The van der Waals surface area contributed by atoms with E-state index in [2.05, 4.69) is 25.2 Å². The summed E-state index contributed by atoms with van der Waals surface area (Å²) in [5.41, 5.74) is 1.17. The van der Waals surface area contributed by atoms with E-state index in [9.17, 15) is 4.79 Å². The highest BCUT2D eigenvalue weighted by molar-refractivity contribution is 5.84. The Hall–Kier alpha value is -3.01. The summed E-state index contributed by atoms with van der Waals surface area (Å²) < 4.78 is 11.6. The number of fused-ring (bicyclic) bond motifs is 1. The second-order valence-corrected chi connectivity index (χ2v) is 7.10. The Morgan fingerprint density at radius 2 is 1.64 bits per heavy atom. The quantitative estimate of drug-likeness (QED) is 0.567. The van der Waals surface area contributed by atoms with Gasteiger partial charge in [-0.3, -0.25) is 4.79 Å². The predicted molar refractivity (Wildman–Crippen MR) is 113 cm³/mol. The van der Waals surface area contributed by atoms with Crippen LogP contribution in [-0.4, -0.2) is 25.2 Å². The summed E-state index contributed by atoms with van der Waals surface area (Å²) >= 11 is 0. The van der Waals surface area contributed by atoms with Crippen molar-refractivity contribution in [1.82, 2.24) is 5.32 Å². The summed E-state index contributed by atoms with van der Waals surface area (Å²) in [4.78, 5) is 12.3. The lowest BCUT2D eigenvalue weighted by molar-refractivity contribution is -0.127. The minimum atomic E-state index is -0.580. The first-order valence-corrected chi connectivity index (χ1v) is 9.69. The number of rotatable bonds is 8. The molecule has 0 aromatic heterocycles. The number of benzene rings is 3. The molecule has 1 amide bonds. The number of carbonyl (C=O) groups is 1. The Morgan fingerprint density at radius 1 is 0.929 bits per heavy atom. The van der Waals surface area contributed by atoms with Gasteiger partial charge in [0.1, 0.15) is 18.1 Å². The molecule has 28 heavy (non-hydrogen) atoms. The average Bonchev–Trinajstić information content (AvgIpc) is 2.71. The maximum absolute atomic E-state index is 12.3. The molecule has 0 radical (unpaired) electrons. The smallest absolute Gasteiger partial charge is 0.260 e. The summed E-state index contributed by atoms with van der Waals surface area (Å²) in [6.45, 7) is 6.86. The van der Waals surface area contributed by atoms with E-state index in [0.29, 0.717) is 24.8 Å². The lowest BCUT2D eigenvalue weighted by Crippen LogP contribution is -2.38. The van der Waals surface area contributed by atoms with Crippen LogP contribution in [0.3, 0.4) is 0 Å². The molecule has 4 nitrogen and oxygen atoms in total. The maximum atomic E-state index is 12.3. The van der Waals surface area contributed by atoms with E-state index in [-0.39, 0.29) is 5.91 Å². The number of nitrogens with one attached hydrogen (secondary N) is 1. The molecule has 0 bridgehead atoms. The lowest BCUT2D eigenvalue weighted by atomic mass is 10.0. The van der Waals surface area contributed by atoms with Crippen LogP contribution < -0.4 is 14.8 Å². The van der Waals surface area contributed by atoms with Crippen LogP contribution in [0.1, 0.15) is 32.3 Å². The minimum Gasteiger partial charge on any atom is -0.491 e. The molecule has 0 aliphatic heterocycles.